The van der Waals surface area contributed by atoms with Crippen LogP contribution in [0.25, 0.3) is 0 Å². The highest BCUT2D eigenvalue weighted by atomic mass is 16.7. The number of nitrogens with zero attached hydrogens (tertiary/aromatic N) is 1. The van der Waals surface area contributed by atoms with Gasteiger partial charge in [-0.25, -0.2) is 0 Å². The van der Waals surface area contributed by atoms with E-state index in [1.54, 1.807) is 26.2 Å². The molecule has 0 fully saturated rings. The van der Waals surface area contributed by atoms with Gasteiger partial charge in [0.25, 0.3) is 0 Å². The highest BCUT2D eigenvalue weighted by molar-refractivity contribution is 5.84. The Hall–Kier alpha value is -3.71. The number of methoxy groups -OCH3 is 2. The molecule has 1 N–H and O–H groups in total. The van der Waals surface area contributed by atoms with E-state index >= 15 is 0 Å². The molecule has 3 aromatic rings. The molecule has 0 saturated carbocycles. The second kappa shape index (κ2) is 11.4. The maximum atomic E-state index is 13.9. The van der Waals surface area contributed by atoms with Gasteiger partial charge in [0.2, 0.25) is 12.7 Å². The molecule has 1 heterocycles. The van der Waals surface area contributed by atoms with E-state index in [2.05, 4.69) is 0 Å². The number of aliphatic hydroxyl groups is 1. The number of rotatable bonds is 10. The zero-order valence-corrected chi connectivity index (χ0v) is 21.1. The van der Waals surface area contributed by atoms with Crippen LogP contribution in [0, 0.1) is 0 Å². The molecule has 0 bridgehead atoms. The van der Waals surface area contributed by atoms with Crippen molar-refractivity contribution in [3.63, 3.8) is 0 Å². The fraction of sp³-hybridized carbons (Fsp3) is 0.345. The van der Waals surface area contributed by atoms with Crippen molar-refractivity contribution in [3.8, 4) is 23.0 Å². The molecule has 0 aromatic heterocycles. The summed E-state index contributed by atoms with van der Waals surface area (Å²) < 4.78 is 21.8. The maximum absolute atomic E-state index is 13.9. The minimum atomic E-state index is -0.805. The number of benzene rings is 3. The fourth-order valence-electron chi connectivity index (χ4n) is 4.50. The predicted octanol–water partition coefficient (Wildman–Crippen LogP) is 4.73. The van der Waals surface area contributed by atoms with Gasteiger partial charge in [0.05, 0.1) is 32.3 Å². The maximum Gasteiger partial charge on any atom is 0.231 e. The lowest BCUT2D eigenvalue weighted by Gasteiger charge is -2.32. The van der Waals surface area contributed by atoms with E-state index in [1.165, 1.54) is 0 Å². The predicted molar refractivity (Wildman–Crippen MR) is 137 cm³/mol. The zero-order chi connectivity index (χ0) is 25.7. The van der Waals surface area contributed by atoms with Gasteiger partial charge in [-0.1, -0.05) is 42.5 Å². The van der Waals surface area contributed by atoms with Crippen LogP contribution in [0.4, 0.5) is 0 Å². The van der Waals surface area contributed by atoms with Crippen LogP contribution >= 0.6 is 0 Å². The molecule has 0 unspecified atom stereocenters. The Kier molecular flexibility index (Phi) is 8.00. The van der Waals surface area contributed by atoms with Crippen LogP contribution < -0.4 is 18.9 Å². The number of amides is 1. The van der Waals surface area contributed by atoms with Gasteiger partial charge in [-0.15, -0.1) is 0 Å². The van der Waals surface area contributed by atoms with Crippen molar-refractivity contribution in [2.24, 2.45) is 0 Å². The van der Waals surface area contributed by atoms with Crippen molar-refractivity contribution < 1.29 is 28.8 Å². The molecule has 7 nitrogen and oxygen atoms in total. The Morgan fingerprint density at radius 3 is 2.39 bits per heavy atom. The topological polar surface area (TPSA) is 77.5 Å². The van der Waals surface area contributed by atoms with Crippen LogP contribution in [0.5, 0.6) is 23.0 Å². The van der Waals surface area contributed by atoms with Crippen molar-refractivity contribution in [2.75, 3.05) is 28.1 Å². The summed E-state index contributed by atoms with van der Waals surface area (Å²) in [6.45, 7) is 2.08. The van der Waals surface area contributed by atoms with Gasteiger partial charge in [0.1, 0.15) is 0 Å². The van der Waals surface area contributed by atoms with Crippen LogP contribution in [0.3, 0.4) is 0 Å². The number of carbonyl (C=O) groups is 1. The highest BCUT2D eigenvalue weighted by Crippen LogP contribution is 2.36. The van der Waals surface area contributed by atoms with E-state index in [0.717, 1.165) is 28.2 Å². The molecule has 1 aliphatic heterocycles. The molecule has 3 atom stereocenters. The van der Waals surface area contributed by atoms with Gasteiger partial charge in [-0.05, 0) is 60.7 Å². The SMILES string of the molecule is COc1ccc([C@H](CCc2ccc3c(c2)OCO3)C(=O)N(C)[C@@H](C)[C@@H](O)c2ccccc2)cc1OC. The molecule has 4 rings (SSSR count). The van der Waals surface area contributed by atoms with E-state index < -0.39 is 18.1 Å². The van der Waals surface area contributed by atoms with Gasteiger partial charge >= 0.3 is 0 Å². The largest absolute Gasteiger partial charge is 0.493 e. The first-order valence-corrected chi connectivity index (χ1v) is 12.0. The van der Waals surface area contributed by atoms with Crippen molar-refractivity contribution in [1.82, 2.24) is 4.90 Å². The molecule has 190 valence electrons. The summed E-state index contributed by atoms with van der Waals surface area (Å²) in [6.07, 6.45) is 0.414. The number of hydrogen-bond donors (Lipinski definition) is 1. The number of fused-ring (bicyclic) bond motifs is 1. The molecule has 7 heteroatoms. The van der Waals surface area contributed by atoms with Gasteiger partial charge in [-0.3, -0.25) is 4.79 Å². The molecule has 3 aromatic carbocycles. The van der Waals surface area contributed by atoms with Crippen LogP contribution in [-0.2, 0) is 11.2 Å². The van der Waals surface area contributed by atoms with E-state index in [-0.39, 0.29) is 12.7 Å². The number of aryl methyl sites for hydroxylation is 1. The van der Waals surface area contributed by atoms with E-state index in [9.17, 15) is 9.90 Å². The molecule has 0 aliphatic carbocycles. The van der Waals surface area contributed by atoms with Gasteiger partial charge in [-0.2, -0.15) is 0 Å². The molecule has 0 spiro atoms. The second-order valence-electron chi connectivity index (χ2n) is 8.94. The van der Waals surface area contributed by atoms with Crippen molar-refractivity contribution in [1.29, 1.82) is 0 Å². The van der Waals surface area contributed by atoms with Gasteiger partial charge in [0.15, 0.2) is 23.0 Å². The average Bonchev–Trinajstić information content (AvgIpc) is 3.40. The molecular formula is C29H33NO6. The molecule has 36 heavy (non-hydrogen) atoms. The molecule has 1 aliphatic rings. The van der Waals surface area contributed by atoms with E-state index in [1.807, 2.05) is 73.7 Å². The summed E-state index contributed by atoms with van der Waals surface area (Å²) in [5.74, 6) is 2.09. The lowest BCUT2D eigenvalue weighted by molar-refractivity contribution is -0.135. The third-order valence-corrected chi connectivity index (χ3v) is 6.82. The number of hydrogen-bond acceptors (Lipinski definition) is 6. The summed E-state index contributed by atoms with van der Waals surface area (Å²) in [6, 6.07) is 20.4. The highest BCUT2D eigenvalue weighted by Gasteiger charge is 2.31. The summed E-state index contributed by atoms with van der Waals surface area (Å²) >= 11 is 0. The Morgan fingerprint density at radius 2 is 1.67 bits per heavy atom. The second-order valence-corrected chi connectivity index (χ2v) is 8.94. The monoisotopic (exact) mass is 491 g/mol. The quantitative estimate of drug-likeness (QED) is 0.442. The smallest absolute Gasteiger partial charge is 0.231 e. The van der Waals surface area contributed by atoms with Crippen LogP contribution in [-0.4, -0.2) is 50.0 Å². The first kappa shape index (κ1) is 25.4. The minimum Gasteiger partial charge on any atom is -0.493 e. The number of ether oxygens (including phenoxy) is 4. The lowest BCUT2D eigenvalue weighted by Crippen LogP contribution is -2.41. The summed E-state index contributed by atoms with van der Waals surface area (Å²) in [4.78, 5) is 15.5. The lowest BCUT2D eigenvalue weighted by atomic mass is 9.89. The summed E-state index contributed by atoms with van der Waals surface area (Å²) in [5, 5.41) is 11.0. The Balaban J connectivity index is 1.59. The molecule has 1 amide bonds. The number of likely N-dealkylation sites (N-methyl/N-ethyl adjacent to an activating group) is 1. The first-order valence-electron chi connectivity index (χ1n) is 12.0. The van der Waals surface area contributed by atoms with E-state index in [4.69, 9.17) is 18.9 Å². The average molecular weight is 492 g/mol. The summed E-state index contributed by atoms with van der Waals surface area (Å²) in [7, 11) is 4.91. The Labute approximate surface area is 212 Å². The van der Waals surface area contributed by atoms with Crippen LogP contribution in [0.15, 0.2) is 66.7 Å². The third kappa shape index (κ3) is 5.41. The zero-order valence-electron chi connectivity index (χ0n) is 21.1. The van der Waals surface area contributed by atoms with Crippen molar-refractivity contribution in [3.05, 3.63) is 83.4 Å². The minimum absolute atomic E-state index is 0.0783. The van der Waals surface area contributed by atoms with Crippen LogP contribution in [0.1, 0.15) is 42.1 Å². The van der Waals surface area contributed by atoms with Gasteiger partial charge < -0.3 is 29.0 Å². The number of carbonyl (C=O) groups excluding carboxylic acids is 1. The van der Waals surface area contributed by atoms with Crippen molar-refractivity contribution in [2.45, 2.75) is 37.8 Å². The third-order valence-electron chi connectivity index (χ3n) is 6.82. The number of aliphatic hydroxyl groups excluding tert-OH is 1. The summed E-state index contributed by atoms with van der Waals surface area (Å²) in [5.41, 5.74) is 2.65. The molecule has 0 radical (unpaired) electrons. The van der Waals surface area contributed by atoms with Gasteiger partial charge in [0, 0.05) is 7.05 Å². The fourth-order valence-corrected chi connectivity index (χ4v) is 4.50. The van der Waals surface area contributed by atoms with Crippen molar-refractivity contribution >= 4 is 5.91 Å². The molecule has 0 saturated heterocycles. The Morgan fingerprint density at radius 1 is 0.944 bits per heavy atom. The van der Waals surface area contributed by atoms with E-state index in [0.29, 0.717) is 24.3 Å². The first-order chi connectivity index (χ1) is 17.4. The Bertz CT molecular complexity index is 1180. The molecular weight excluding hydrogens is 458 g/mol. The normalized spacial score (nSPS) is 14.6. The standard InChI is InChI=1S/C29H33NO6/c1-19(28(31)21-8-6-5-7-9-21)30(2)29(32)23(22-12-15-24(33-3)26(17-22)34-4)13-10-20-11-14-25-27(16-20)36-18-35-25/h5-9,11-12,14-17,19,23,28,31H,10,13,18H2,1-4H3/t19-,23-,28+/m0/s1. The van der Waals surface area contributed by atoms with Crippen LogP contribution in [0.2, 0.25) is 0 Å².